The van der Waals surface area contributed by atoms with Crippen molar-refractivity contribution in [1.29, 1.82) is 0 Å². The van der Waals surface area contributed by atoms with Crippen LogP contribution < -0.4 is 27.9 Å². The molecule has 0 aromatic carbocycles. The maximum absolute atomic E-state index is 13.0. The van der Waals surface area contributed by atoms with Gasteiger partial charge in [0.25, 0.3) is 11.1 Å². The van der Waals surface area contributed by atoms with Crippen LogP contribution in [0.5, 0.6) is 0 Å². The summed E-state index contributed by atoms with van der Waals surface area (Å²) in [5.41, 5.74) is 4.99. The lowest BCUT2D eigenvalue weighted by Gasteiger charge is -2.21. The minimum atomic E-state index is -0.395. The van der Waals surface area contributed by atoms with Gasteiger partial charge in [-0.05, 0) is 38.9 Å². The van der Waals surface area contributed by atoms with Gasteiger partial charge in [-0.15, -0.1) is 0 Å². The first-order chi connectivity index (χ1) is 14.3. The zero-order valence-electron chi connectivity index (χ0n) is 18.2. The van der Waals surface area contributed by atoms with Crippen molar-refractivity contribution >= 4 is 29.5 Å². The number of nitrogen functional groups attached to an aromatic ring is 1. The number of rotatable bonds is 10. The maximum Gasteiger partial charge on any atom is 0.332 e. The molecule has 0 unspecified atom stereocenters. The molecule has 0 aliphatic heterocycles. The first-order valence-corrected chi connectivity index (χ1v) is 11.0. The number of hydrogen-bond donors (Lipinski definition) is 2. The highest BCUT2D eigenvalue weighted by Gasteiger charge is 2.17. The van der Waals surface area contributed by atoms with Crippen LogP contribution in [0, 0.1) is 4.77 Å². The molecule has 0 aliphatic rings. The van der Waals surface area contributed by atoms with Crippen LogP contribution in [0.4, 0.5) is 17.3 Å². The van der Waals surface area contributed by atoms with E-state index in [4.69, 9.17) is 18.0 Å². The van der Waals surface area contributed by atoms with Crippen molar-refractivity contribution in [3.8, 4) is 0 Å². The first kappa shape index (κ1) is 23.7. The second-order valence-electron chi connectivity index (χ2n) is 7.12. The number of nitrogens with zero attached hydrogens (tertiary/aromatic N) is 4. The summed E-state index contributed by atoms with van der Waals surface area (Å²) in [4.78, 5) is 38.3. The van der Waals surface area contributed by atoms with Gasteiger partial charge in [-0.3, -0.25) is 23.3 Å². The summed E-state index contributed by atoms with van der Waals surface area (Å²) < 4.78 is 6.25. The van der Waals surface area contributed by atoms with Gasteiger partial charge in [0.15, 0.2) is 4.77 Å². The predicted molar refractivity (Wildman–Crippen MR) is 123 cm³/mol. The Morgan fingerprint density at radius 2 is 1.47 bits per heavy atom. The van der Waals surface area contributed by atoms with Gasteiger partial charge in [-0.25, -0.2) is 4.79 Å². The Labute approximate surface area is 180 Å². The van der Waals surface area contributed by atoms with Crippen LogP contribution >= 0.6 is 12.2 Å². The number of aromatic nitrogens is 4. The summed E-state index contributed by atoms with van der Waals surface area (Å²) >= 11 is 5.46. The fraction of sp³-hybridized carbons (Fsp3) is 0.600. The molecule has 0 radical (unpaired) electrons. The van der Waals surface area contributed by atoms with Gasteiger partial charge in [0.1, 0.15) is 17.3 Å². The summed E-state index contributed by atoms with van der Waals surface area (Å²) in [6.45, 7) is 9.44. The largest absolute Gasteiger partial charge is 0.391 e. The maximum atomic E-state index is 13.0. The molecule has 166 valence electrons. The van der Waals surface area contributed by atoms with Crippen molar-refractivity contribution in [2.45, 2.75) is 79.6 Å². The minimum absolute atomic E-state index is 0.00282. The lowest BCUT2D eigenvalue weighted by molar-refractivity contribution is 0.521. The Bertz CT molecular complexity index is 1130. The second kappa shape index (κ2) is 10.4. The standard InChI is InChI=1S/C20H32N6O3S/c1-5-9-11-25-14(13-15(27)26(19(25)29)12-10-6-2)22-17-16(21)18(28)24(8-4)20(30)23(17)7-3/h13,22H,5-12,21H2,1-4H3. The molecule has 0 atom stereocenters. The number of unbranched alkanes of at least 4 members (excludes halogenated alkanes) is 2. The zero-order valence-corrected chi connectivity index (χ0v) is 19.0. The summed E-state index contributed by atoms with van der Waals surface area (Å²) in [5.74, 6) is 0.607. The minimum Gasteiger partial charge on any atom is -0.391 e. The van der Waals surface area contributed by atoms with E-state index in [0.29, 0.717) is 42.6 Å². The van der Waals surface area contributed by atoms with Crippen molar-refractivity contribution in [3.05, 3.63) is 42.0 Å². The molecule has 0 fully saturated rings. The molecule has 0 saturated carbocycles. The van der Waals surface area contributed by atoms with Gasteiger partial charge >= 0.3 is 5.69 Å². The molecule has 30 heavy (non-hydrogen) atoms. The van der Waals surface area contributed by atoms with Crippen molar-refractivity contribution in [1.82, 2.24) is 18.3 Å². The molecule has 0 aliphatic carbocycles. The topological polar surface area (TPSA) is 109 Å². The molecular formula is C20H32N6O3S. The van der Waals surface area contributed by atoms with E-state index < -0.39 is 5.56 Å². The van der Waals surface area contributed by atoms with Gasteiger partial charge < -0.3 is 15.6 Å². The fourth-order valence-corrected chi connectivity index (χ4v) is 3.75. The number of anilines is 3. The van der Waals surface area contributed by atoms with Crippen LogP contribution in [-0.2, 0) is 26.2 Å². The van der Waals surface area contributed by atoms with Crippen LogP contribution in [0.25, 0.3) is 0 Å². The Morgan fingerprint density at radius 1 is 0.900 bits per heavy atom. The van der Waals surface area contributed by atoms with E-state index in [1.165, 1.54) is 19.8 Å². The Morgan fingerprint density at radius 3 is 2.00 bits per heavy atom. The third kappa shape index (κ3) is 4.58. The number of hydrogen-bond acceptors (Lipinski definition) is 6. The van der Waals surface area contributed by atoms with Crippen LogP contribution in [0.1, 0.15) is 53.4 Å². The molecule has 0 bridgehead atoms. The molecule has 2 heterocycles. The highest BCUT2D eigenvalue weighted by Crippen LogP contribution is 2.20. The smallest absolute Gasteiger partial charge is 0.332 e. The first-order valence-electron chi connectivity index (χ1n) is 10.6. The van der Waals surface area contributed by atoms with E-state index >= 15 is 0 Å². The van der Waals surface area contributed by atoms with Crippen LogP contribution in [0.15, 0.2) is 20.4 Å². The van der Waals surface area contributed by atoms with E-state index in [1.807, 2.05) is 27.7 Å². The van der Waals surface area contributed by atoms with E-state index in [9.17, 15) is 14.4 Å². The number of nitrogens with one attached hydrogen (secondary N) is 1. The van der Waals surface area contributed by atoms with E-state index in [-0.39, 0.29) is 16.9 Å². The number of nitrogens with two attached hydrogens (primary N) is 1. The normalized spacial score (nSPS) is 11.1. The predicted octanol–water partition coefficient (Wildman–Crippen LogP) is 2.67. The molecule has 2 aromatic heterocycles. The molecule has 2 aromatic rings. The SMILES string of the molecule is CCCCn1c(Nc2c(N)c(=O)n(CC)c(=S)n2CC)cc(=O)n(CCCC)c1=O. The van der Waals surface area contributed by atoms with Crippen LogP contribution in [-0.4, -0.2) is 18.3 Å². The molecular weight excluding hydrogens is 404 g/mol. The highest BCUT2D eigenvalue weighted by atomic mass is 32.1. The summed E-state index contributed by atoms with van der Waals surface area (Å²) in [7, 11) is 0. The second-order valence-corrected chi connectivity index (χ2v) is 7.49. The molecule has 0 saturated heterocycles. The summed E-state index contributed by atoms with van der Waals surface area (Å²) in [5, 5.41) is 3.07. The quantitative estimate of drug-likeness (QED) is 0.554. The Kier molecular flexibility index (Phi) is 8.22. The Balaban J connectivity index is 2.71. The van der Waals surface area contributed by atoms with Crippen LogP contribution in [0.3, 0.4) is 0 Å². The summed E-state index contributed by atoms with van der Waals surface area (Å²) in [6, 6.07) is 1.39. The molecule has 0 amide bonds. The van der Waals surface area contributed by atoms with Gasteiger partial charge in [-0.2, -0.15) is 0 Å². The average Bonchev–Trinajstić information content (AvgIpc) is 2.72. The van der Waals surface area contributed by atoms with Gasteiger partial charge in [0.05, 0.1) is 0 Å². The average molecular weight is 437 g/mol. The molecule has 9 nitrogen and oxygen atoms in total. The van der Waals surface area contributed by atoms with Crippen molar-refractivity contribution in [2.24, 2.45) is 0 Å². The van der Waals surface area contributed by atoms with Gasteiger partial charge in [0, 0.05) is 32.2 Å². The third-order valence-electron chi connectivity index (χ3n) is 5.09. The molecule has 0 spiro atoms. The van der Waals surface area contributed by atoms with Crippen molar-refractivity contribution in [2.75, 3.05) is 11.1 Å². The van der Waals surface area contributed by atoms with Gasteiger partial charge in [0.2, 0.25) is 0 Å². The lowest BCUT2D eigenvalue weighted by atomic mass is 10.3. The van der Waals surface area contributed by atoms with Crippen molar-refractivity contribution in [3.63, 3.8) is 0 Å². The van der Waals surface area contributed by atoms with Gasteiger partial charge in [-0.1, -0.05) is 26.7 Å². The highest BCUT2D eigenvalue weighted by molar-refractivity contribution is 7.71. The van der Waals surface area contributed by atoms with Crippen molar-refractivity contribution < 1.29 is 0 Å². The molecule has 3 N–H and O–H groups in total. The molecule has 2 rings (SSSR count). The third-order valence-corrected chi connectivity index (χ3v) is 5.53. The Hall–Kier alpha value is -2.62. The van der Waals surface area contributed by atoms with Crippen LogP contribution in [0.2, 0.25) is 0 Å². The fourth-order valence-electron chi connectivity index (χ4n) is 3.32. The zero-order chi connectivity index (χ0) is 22.4. The molecule has 10 heteroatoms. The lowest BCUT2D eigenvalue weighted by Crippen LogP contribution is -2.40. The monoisotopic (exact) mass is 436 g/mol. The van der Waals surface area contributed by atoms with E-state index in [1.54, 1.807) is 4.57 Å². The van der Waals surface area contributed by atoms with E-state index in [2.05, 4.69) is 5.32 Å². The van der Waals surface area contributed by atoms with E-state index in [0.717, 1.165) is 25.7 Å². The summed E-state index contributed by atoms with van der Waals surface area (Å²) in [6.07, 6.45) is 3.28.